The SMILES string of the molecule is CCCc1ccc(OCCCC(C#N)(CC)NC)cc1. The Morgan fingerprint density at radius 2 is 1.95 bits per heavy atom. The van der Waals surface area contributed by atoms with Crippen LogP contribution in [-0.2, 0) is 6.42 Å². The molecule has 110 valence electrons. The minimum Gasteiger partial charge on any atom is -0.494 e. The normalized spacial score (nSPS) is 13.5. The number of hydrogen-bond donors (Lipinski definition) is 1. The molecule has 20 heavy (non-hydrogen) atoms. The molecular formula is C17H26N2O. The first-order chi connectivity index (χ1) is 9.69. The third-order valence-electron chi connectivity index (χ3n) is 3.77. The second kappa shape index (κ2) is 8.60. The van der Waals surface area contributed by atoms with Crippen molar-refractivity contribution < 1.29 is 4.74 Å². The minimum absolute atomic E-state index is 0.408. The standard InChI is InChI=1S/C17H26N2O/c1-4-7-15-8-10-16(11-9-15)20-13-6-12-17(5-2,14-18)19-3/h8-11,19H,4-7,12-13H2,1-3H3. The fourth-order valence-electron chi connectivity index (χ4n) is 2.27. The highest BCUT2D eigenvalue weighted by Crippen LogP contribution is 2.17. The number of hydrogen-bond acceptors (Lipinski definition) is 3. The van der Waals surface area contributed by atoms with Crippen molar-refractivity contribution in [1.29, 1.82) is 5.26 Å². The average molecular weight is 274 g/mol. The van der Waals surface area contributed by atoms with Gasteiger partial charge in [0.05, 0.1) is 12.7 Å². The Hall–Kier alpha value is -1.53. The van der Waals surface area contributed by atoms with E-state index in [0.29, 0.717) is 6.61 Å². The van der Waals surface area contributed by atoms with Gasteiger partial charge < -0.3 is 10.1 Å². The van der Waals surface area contributed by atoms with Crippen LogP contribution in [0.3, 0.4) is 0 Å². The zero-order valence-corrected chi connectivity index (χ0v) is 12.9. The first-order valence-electron chi connectivity index (χ1n) is 7.51. The maximum atomic E-state index is 9.22. The van der Waals surface area contributed by atoms with Gasteiger partial charge in [0.2, 0.25) is 0 Å². The molecule has 0 fully saturated rings. The van der Waals surface area contributed by atoms with Gasteiger partial charge in [0.1, 0.15) is 11.3 Å². The van der Waals surface area contributed by atoms with Crippen molar-refractivity contribution >= 4 is 0 Å². The summed E-state index contributed by atoms with van der Waals surface area (Å²) in [5.74, 6) is 0.911. The van der Waals surface area contributed by atoms with Gasteiger partial charge in [-0.05, 0) is 50.4 Å². The lowest BCUT2D eigenvalue weighted by Gasteiger charge is -2.24. The van der Waals surface area contributed by atoms with Gasteiger partial charge in [-0.25, -0.2) is 0 Å². The summed E-state index contributed by atoms with van der Waals surface area (Å²) in [7, 11) is 1.85. The van der Waals surface area contributed by atoms with Gasteiger partial charge in [-0.1, -0.05) is 32.4 Å². The molecule has 3 nitrogen and oxygen atoms in total. The van der Waals surface area contributed by atoms with E-state index < -0.39 is 5.54 Å². The number of nitriles is 1. The molecule has 1 aromatic carbocycles. The molecule has 1 unspecified atom stereocenters. The molecule has 1 atom stereocenters. The molecule has 0 aromatic heterocycles. The van der Waals surface area contributed by atoms with E-state index in [1.165, 1.54) is 5.56 Å². The largest absolute Gasteiger partial charge is 0.494 e. The van der Waals surface area contributed by atoms with Crippen LogP contribution in [0.25, 0.3) is 0 Å². The van der Waals surface area contributed by atoms with Crippen molar-refractivity contribution in [3.05, 3.63) is 29.8 Å². The first-order valence-corrected chi connectivity index (χ1v) is 7.51. The van der Waals surface area contributed by atoms with Gasteiger partial charge in [-0.15, -0.1) is 0 Å². The van der Waals surface area contributed by atoms with Crippen molar-refractivity contribution in [2.24, 2.45) is 0 Å². The Kier molecular flexibility index (Phi) is 7.11. The van der Waals surface area contributed by atoms with Crippen LogP contribution in [0.5, 0.6) is 5.75 Å². The van der Waals surface area contributed by atoms with Gasteiger partial charge in [-0.2, -0.15) is 5.26 Å². The lowest BCUT2D eigenvalue weighted by Crippen LogP contribution is -2.41. The van der Waals surface area contributed by atoms with E-state index in [1.54, 1.807) is 0 Å². The lowest BCUT2D eigenvalue weighted by atomic mass is 9.92. The molecule has 0 aliphatic heterocycles. The summed E-state index contributed by atoms with van der Waals surface area (Å²) < 4.78 is 5.73. The summed E-state index contributed by atoms with van der Waals surface area (Å²) in [6, 6.07) is 10.7. The zero-order chi connectivity index (χ0) is 14.8. The summed E-state index contributed by atoms with van der Waals surface area (Å²) in [6.45, 7) is 4.87. The Labute approximate surface area is 123 Å². The zero-order valence-electron chi connectivity index (χ0n) is 12.9. The fourth-order valence-corrected chi connectivity index (χ4v) is 2.27. The quantitative estimate of drug-likeness (QED) is 0.698. The number of rotatable bonds is 9. The number of nitrogens with one attached hydrogen (secondary N) is 1. The van der Waals surface area contributed by atoms with E-state index in [4.69, 9.17) is 4.74 Å². The van der Waals surface area contributed by atoms with E-state index in [9.17, 15) is 5.26 Å². The molecule has 0 heterocycles. The van der Waals surface area contributed by atoms with Crippen LogP contribution in [0, 0.1) is 11.3 Å². The predicted octanol–water partition coefficient (Wildman–Crippen LogP) is 3.69. The topological polar surface area (TPSA) is 45.0 Å². The molecule has 0 amide bonds. The second-order valence-corrected chi connectivity index (χ2v) is 5.14. The van der Waals surface area contributed by atoms with Crippen molar-refractivity contribution in [3.63, 3.8) is 0 Å². The molecular weight excluding hydrogens is 248 g/mol. The van der Waals surface area contributed by atoms with E-state index >= 15 is 0 Å². The van der Waals surface area contributed by atoms with Gasteiger partial charge in [0.25, 0.3) is 0 Å². The van der Waals surface area contributed by atoms with Crippen LogP contribution in [0.4, 0.5) is 0 Å². The molecule has 0 saturated heterocycles. The highest BCUT2D eigenvalue weighted by molar-refractivity contribution is 5.27. The summed E-state index contributed by atoms with van der Waals surface area (Å²) >= 11 is 0. The Bertz CT molecular complexity index is 416. The lowest BCUT2D eigenvalue weighted by molar-refractivity contribution is 0.281. The molecule has 0 bridgehead atoms. The van der Waals surface area contributed by atoms with Crippen molar-refractivity contribution in [1.82, 2.24) is 5.32 Å². The van der Waals surface area contributed by atoms with Crippen LogP contribution in [0.15, 0.2) is 24.3 Å². The van der Waals surface area contributed by atoms with E-state index in [2.05, 4.69) is 30.4 Å². The first kappa shape index (κ1) is 16.5. The average Bonchev–Trinajstić information content (AvgIpc) is 2.50. The molecule has 0 saturated carbocycles. The summed E-state index contributed by atoms with van der Waals surface area (Å²) in [4.78, 5) is 0. The van der Waals surface area contributed by atoms with Crippen molar-refractivity contribution in [3.8, 4) is 11.8 Å². The van der Waals surface area contributed by atoms with Crippen LogP contribution in [0.2, 0.25) is 0 Å². The van der Waals surface area contributed by atoms with Gasteiger partial charge in [-0.3, -0.25) is 0 Å². The van der Waals surface area contributed by atoms with Crippen LogP contribution in [-0.4, -0.2) is 19.2 Å². The second-order valence-electron chi connectivity index (χ2n) is 5.14. The third kappa shape index (κ3) is 4.86. The fraction of sp³-hybridized carbons (Fsp3) is 0.588. The molecule has 0 aliphatic carbocycles. The maximum Gasteiger partial charge on any atom is 0.119 e. The number of aryl methyl sites for hydroxylation is 1. The maximum absolute atomic E-state index is 9.22. The minimum atomic E-state index is -0.408. The van der Waals surface area contributed by atoms with Crippen molar-refractivity contribution in [2.75, 3.05) is 13.7 Å². The Morgan fingerprint density at radius 3 is 2.45 bits per heavy atom. The van der Waals surface area contributed by atoms with Gasteiger partial charge >= 0.3 is 0 Å². The van der Waals surface area contributed by atoms with Crippen LogP contribution >= 0.6 is 0 Å². The molecule has 0 aliphatic rings. The molecule has 1 aromatic rings. The number of ether oxygens (including phenoxy) is 1. The summed E-state index contributed by atoms with van der Waals surface area (Å²) in [5.41, 5.74) is 0.943. The van der Waals surface area contributed by atoms with E-state index in [1.807, 2.05) is 26.1 Å². The number of benzene rings is 1. The molecule has 0 radical (unpaired) electrons. The number of nitrogens with zero attached hydrogens (tertiary/aromatic N) is 1. The molecule has 1 N–H and O–H groups in total. The molecule has 1 rings (SSSR count). The summed E-state index contributed by atoms with van der Waals surface area (Å²) in [5, 5.41) is 12.3. The predicted molar refractivity (Wildman–Crippen MR) is 82.9 cm³/mol. The third-order valence-corrected chi connectivity index (χ3v) is 3.77. The monoisotopic (exact) mass is 274 g/mol. The van der Waals surface area contributed by atoms with E-state index in [-0.39, 0.29) is 0 Å². The Balaban J connectivity index is 2.35. The van der Waals surface area contributed by atoms with Gasteiger partial charge in [0, 0.05) is 0 Å². The van der Waals surface area contributed by atoms with E-state index in [0.717, 1.165) is 37.9 Å². The highest BCUT2D eigenvalue weighted by atomic mass is 16.5. The van der Waals surface area contributed by atoms with Crippen LogP contribution in [0.1, 0.15) is 45.1 Å². The molecule has 3 heteroatoms. The van der Waals surface area contributed by atoms with Crippen molar-refractivity contribution in [2.45, 2.75) is 51.5 Å². The summed E-state index contributed by atoms with van der Waals surface area (Å²) in [6.07, 6.45) is 4.77. The van der Waals surface area contributed by atoms with Crippen LogP contribution < -0.4 is 10.1 Å². The smallest absolute Gasteiger partial charge is 0.119 e. The highest BCUT2D eigenvalue weighted by Gasteiger charge is 2.24. The van der Waals surface area contributed by atoms with Gasteiger partial charge in [0.15, 0.2) is 0 Å². The Morgan fingerprint density at radius 1 is 1.25 bits per heavy atom. The molecule has 0 spiro atoms.